The van der Waals surface area contributed by atoms with Crippen LogP contribution < -0.4 is 10.3 Å². The number of nitrogens with zero attached hydrogens (tertiary/aromatic N) is 2. The minimum atomic E-state index is -4.89. The number of hydrogen-bond acceptors (Lipinski definition) is 4. The van der Waals surface area contributed by atoms with Crippen LogP contribution in [0.1, 0.15) is 35.8 Å². The first-order chi connectivity index (χ1) is 11.1. The molecule has 1 aromatic heterocycles. The average Bonchev–Trinajstić information content (AvgIpc) is 2.45. The number of rotatable bonds is 4. The Morgan fingerprint density at radius 3 is 2.50 bits per heavy atom. The molecule has 0 atom stereocenters. The lowest BCUT2D eigenvalue weighted by Crippen LogP contribution is -2.28. The van der Waals surface area contributed by atoms with E-state index in [1.54, 1.807) is 13.8 Å². The van der Waals surface area contributed by atoms with Gasteiger partial charge in [-0.1, -0.05) is 19.9 Å². The maximum absolute atomic E-state index is 12.3. The minimum Gasteiger partial charge on any atom is -0.477 e. The first-order valence-corrected chi connectivity index (χ1v) is 6.82. The quantitative estimate of drug-likeness (QED) is 0.924. The zero-order chi connectivity index (χ0) is 18.1. The van der Waals surface area contributed by atoms with Crippen LogP contribution >= 0.6 is 0 Å². The highest BCUT2D eigenvalue weighted by Crippen LogP contribution is 2.24. The summed E-state index contributed by atoms with van der Waals surface area (Å²) in [7, 11) is 0. The molecule has 0 unspecified atom stereocenters. The van der Waals surface area contributed by atoms with Crippen LogP contribution in [0.4, 0.5) is 13.2 Å². The summed E-state index contributed by atoms with van der Waals surface area (Å²) in [4.78, 5) is 23.5. The fraction of sp³-hybridized carbons (Fsp3) is 0.267. The number of halogens is 3. The molecule has 6 nitrogen and oxygen atoms in total. The molecule has 1 aromatic carbocycles. The van der Waals surface area contributed by atoms with Gasteiger partial charge in [0.1, 0.15) is 11.3 Å². The van der Waals surface area contributed by atoms with Crippen molar-refractivity contribution in [2.75, 3.05) is 0 Å². The largest absolute Gasteiger partial charge is 0.573 e. The number of carbonyl (C=O) groups is 1. The first kappa shape index (κ1) is 17.5. The Labute approximate surface area is 134 Å². The van der Waals surface area contributed by atoms with Crippen molar-refractivity contribution in [2.24, 2.45) is 0 Å². The molecule has 0 bridgehead atoms. The summed E-state index contributed by atoms with van der Waals surface area (Å²) < 4.78 is 41.5. The summed E-state index contributed by atoms with van der Waals surface area (Å²) in [5.74, 6) is -2.18. The first-order valence-electron chi connectivity index (χ1n) is 6.82. The third-order valence-electron chi connectivity index (χ3n) is 3.05. The molecule has 1 heterocycles. The molecule has 0 fully saturated rings. The van der Waals surface area contributed by atoms with E-state index >= 15 is 0 Å². The van der Waals surface area contributed by atoms with Gasteiger partial charge in [-0.05, 0) is 24.1 Å². The van der Waals surface area contributed by atoms with Crippen molar-refractivity contribution >= 4 is 5.97 Å². The van der Waals surface area contributed by atoms with Crippen LogP contribution in [0.3, 0.4) is 0 Å². The Kier molecular flexibility index (Phi) is 4.63. The molecular formula is C15H13F3N2O4. The fourth-order valence-electron chi connectivity index (χ4n) is 1.94. The molecule has 0 aliphatic rings. The van der Waals surface area contributed by atoms with Crippen LogP contribution in [0.25, 0.3) is 5.69 Å². The van der Waals surface area contributed by atoms with Crippen LogP contribution in [0.5, 0.6) is 5.75 Å². The number of carboxylic acids is 1. The normalized spacial score (nSPS) is 11.6. The summed E-state index contributed by atoms with van der Waals surface area (Å²) in [5, 5.41) is 13.2. The maximum atomic E-state index is 12.3. The Hall–Kier alpha value is -2.84. The molecule has 0 saturated heterocycles. The molecule has 0 saturated carbocycles. The van der Waals surface area contributed by atoms with E-state index < -0.39 is 29.2 Å². The summed E-state index contributed by atoms with van der Waals surface area (Å²) >= 11 is 0. The minimum absolute atomic E-state index is 0.0354. The highest BCUT2D eigenvalue weighted by atomic mass is 19.4. The van der Waals surface area contributed by atoms with Gasteiger partial charge in [0, 0.05) is 6.07 Å². The standard InChI is InChI=1S/C15H13F3N2O4/c1-8(2)12-7-11(14(22)23)13(21)20(19-12)9-4-3-5-10(6-9)24-15(16,17)18/h3-8H,1-2H3,(H,22,23). The molecule has 1 N–H and O–H groups in total. The fourth-order valence-corrected chi connectivity index (χ4v) is 1.94. The summed E-state index contributed by atoms with van der Waals surface area (Å²) in [6, 6.07) is 5.74. The molecule has 24 heavy (non-hydrogen) atoms. The Morgan fingerprint density at radius 2 is 1.96 bits per heavy atom. The van der Waals surface area contributed by atoms with Crippen LogP contribution in [0.2, 0.25) is 0 Å². The topological polar surface area (TPSA) is 81.4 Å². The molecule has 0 spiro atoms. The third kappa shape index (κ3) is 3.92. The van der Waals surface area contributed by atoms with Crippen molar-refractivity contribution < 1.29 is 27.8 Å². The number of ether oxygens (including phenoxy) is 1. The molecule has 2 aromatic rings. The zero-order valence-electron chi connectivity index (χ0n) is 12.7. The predicted molar refractivity (Wildman–Crippen MR) is 77.6 cm³/mol. The second-order valence-corrected chi connectivity index (χ2v) is 5.20. The Bertz CT molecular complexity index is 828. The van der Waals surface area contributed by atoms with E-state index in [1.165, 1.54) is 12.1 Å². The number of carboxylic acid groups (broad SMARTS) is 1. The van der Waals surface area contributed by atoms with Gasteiger partial charge in [-0.2, -0.15) is 9.78 Å². The number of benzene rings is 1. The predicted octanol–water partition coefficient (Wildman–Crippen LogP) is 2.95. The van der Waals surface area contributed by atoms with Gasteiger partial charge < -0.3 is 9.84 Å². The second kappa shape index (κ2) is 6.34. The van der Waals surface area contributed by atoms with Gasteiger partial charge in [0.2, 0.25) is 0 Å². The summed E-state index contributed by atoms with van der Waals surface area (Å²) in [6.45, 7) is 3.48. The number of aromatic nitrogens is 2. The van der Waals surface area contributed by atoms with Crippen molar-refractivity contribution in [3.8, 4) is 11.4 Å². The van der Waals surface area contributed by atoms with E-state index in [1.807, 2.05) is 0 Å². The lowest BCUT2D eigenvalue weighted by Gasteiger charge is -2.13. The smallest absolute Gasteiger partial charge is 0.477 e. The molecule has 0 radical (unpaired) electrons. The summed E-state index contributed by atoms with van der Waals surface area (Å²) in [6.07, 6.45) is -4.89. The Balaban J connectivity index is 2.62. The molecule has 0 amide bonds. The number of alkyl halides is 3. The second-order valence-electron chi connectivity index (χ2n) is 5.20. The van der Waals surface area contributed by atoms with Crippen LogP contribution in [0, 0.1) is 0 Å². The Morgan fingerprint density at radius 1 is 1.29 bits per heavy atom. The van der Waals surface area contributed by atoms with Crippen molar-refractivity contribution in [3.63, 3.8) is 0 Å². The third-order valence-corrected chi connectivity index (χ3v) is 3.05. The highest BCUT2D eigenvalue weighted by Gasteiger charge is 2.31. The van der Waals surface area contributed by atoms with E-state index in [2.05, 4.69) is 9.84 Å². The van der Waals surface area contributed by atoms with Gasteiger partial charge in [-0.25, -0.2) is 4.79 Å². The molecule has 2 rings (SSSR count). The van der Waals surface area contributed by atoms with Crippen molar-refractivity contribution in [3.05, 3.63) is 51.9 Å². The van der Waals surface area contributed by atoms with Gasteiger partial charge in [-0.15, -0.1) is 13.2 Å². The molecule has 128 valence electrons. The van der Waals surface area contributed by atoms with E-state index in [-0.39, 0.29) is 11.6 Å². The van der Waals surface area contributed by atoms with Crippen molar-refractivity contribution in [1.82, 2.24) is 9.78 Å². The lowest BCUT2D eigenvalue weighted by molar-refractivity contribution is -0.274. The number of hydrogen-bond donors (Lipinski definition) is 1. The van der Waals surface area contributed by atoms with Gasteiger partial charge in [0.25, 0.3) is 5.56 Å². The SMILES string of the molecule is CC(C)c1cc(C(=O)O)c(=O)n(-c2cccc(OC(F)(F)F)c2)n1. The van der Waals surface area contributed by atoms with Crippen LogP contribution in [-0.2, 0) is 0 Å². The molecule has 0 aliphatic heterocycles. The number of aromatic carboxylic acids is 1. The summed E-state index contributed by atoms with van der Waals surface area (Å²) in [5.41, 5.74) is -1.19. The average molecular weight is 342 g/mol. The van der Waals surface area contributed by atoms with E-state index in [9.17, 15) is 22.8 Å². The van der Waals surface area contributed by atoms with Crippen LogP contribution in [0.15, 0.2) is 35.1 Å². The molecule has 9 heteroatoms. The highest BCUT2D eigenvalue weighted by molar-refractivity contribution is 5.87. The molecule has 0 aliphatic carbocycles. The zero-order valence-corrected chi connectivity index (χ0v) is 12.7. The van der Waals surface area contributed by atoms with Gasteiger partial charge in [0.15, 0.2) is 0 Å². The van der Waals surface area contributed by atoms with Gasteiger partial charge >= 0.3 is 12.3 Å². The van der Waals surface area contributed by atoms with Crippen molar-refractivity contribution in [2.45, 2.75) is 26.1 Å². The van der Waals surface area contributed by atoms with E-state index in [0.717, 1.165) is 22.9 Å². The monoisotopic (exact) mass is 342 g/mol. The van der Waals surface area contributed by atoms with E-state index in [4.69, 9.17) is 5.11 Å². The van der Waals surface area contributed by atoms with Crippen LogP contribution in [-0.4, -0.2) is 27.2 Å². The van der Waals surface area contributed by atoms with E-state index in [0.29, 0.717) is 5.69 Å². The van der Waals surface area contributed by atoms with Gasteiger partial charge in [0.05, 0.1) is 11.4 Å². The maximum Gasteiger partial charge on any atom is 0.573 e. The van der Waals surface area contributed by atoms with Crippen molar-refractivity contribution in [1.29, 1.82) is 0 Å². The lowest BCUT2D eigenvalue weighted by atomic mass is 10.1. The van der Waals surface area contributed by atoms with Gasteiger partial charge in [-0.3, -0.25) is 4.79 Å². The molecular weight excluding hydrogens is 329 g/mol.